The maximum Gasteiger partial charge on any atom is 0.251 e. The molecule has 0 aliphatic carbocycles. The first-order chi connectivity index (χ1) is 14.1. The molecule has 1 saturated heterocycles. The van der Waals surface area contributed by atoms with Gasteiger partial charge in [-0.25, -0.2) is 4.98 Å². The fourth-order valence-corrected chi connectivity index (χ4v) is 3.69. The third-order valence-electron chi connectivity index (χ3n) is 4.39. The molecule has 0 radical (unpaired) electrons. The second kappa shape index (κ2) is 10.8. The van der Waals surface area contributed by atoms with E-state index in [4.69, 9.17) is 4.74 Å². The van der Waals surface area contributed by atoms with Crippen molar-refractivity contribution in [1.82, 2.24) is 20.2 Å². The molecule has 0 atom stereocenters. The van der Waals surface area contributed by atoms with E-state index in [-0.39, 0.29) is 29.5 Å². The van der Waals surface area contributed by atoms with Gasteiger partial charge in [-0.15, -0.1) is 0 Å². The topological polar surface area (TPSA) is 104 Å². The van der Waals surface area contributed by atoms with Gasteiger partial charge in [0.1, 0.15) is 0 Å². The third kappa shape index (κ3) is 7.03. The summed E-state index contributed by atoms with van der Waals surface area (Å²) in [7, 11) is 0. The highest BCUT2D eigenvalue weighted by Crippen LogP contribution is 2.13. The van der Waals surface area contributed by atoms with Gasteiger partial charge in [0.2, 0.25) is 11.8 Å². The van der Waals surface area contributed by atoms with Gasteiger partial charge in [-0.1, -0.05) is 42.1 Å². The SMILES string of the molecule is O=C(Cc1cc(=O)[nH]c(SCC(=O)N2CCOCC2)n1)NCCc1ccccc1. The number of thioether (sulfide) groups is 1. The molecule has 29 heavy (non-hydrogen) atoms. The van der Waals surface area contributed by atoms with Crippen LogP contribution in [0, 0.1) is 0 Å². The first-order valence-corrected chi connectivity index (χ1v) is 10.5. The molecule has 0 unspecified atom stereocenters. The van der Waals surface area contributed by atoms with E-state index in [2.05, 4.69) is 15.3 Å². The Labute approximate surface area is 173 Å². The number of nitrogens with one attached hydrogen (secondary N) is 2. The number of carbonyl (C=O) groups is 2. The molecule has 1 aliphatic heterocycles. The van der Waals surface area contributed by atoms with Gasteiger partial charge in [0.15, 0.2) is 5.16 Å². The zero-order chi connectivity index (χ0) is 20.5. The van der Waals surface area contributed by atoms with Crippen molar-refractivity contribution in [2.75, 3.05) is 38.6 Å². The van der Waals surface area contributed by atoms with E-state index in [1.165, 1.54) is 6.07 Å². The number of hydrogen-bond acceptors (Lipinski definition) is 6. The third-order valence-corrected chi connectivity index (χ3v) is 5.25. The number of amides is 2. The lowest BCUT2D eigenvalue weighted by molar-refractivity contribution is -0.132. The van der Waals surface area contributed by atoms with Crippen LogP contribution in [0.1, 0.15) is 11.3 Å². The van der Waals surface area contributed by atoms with E-state index in [1.807, 2.05) is 30.3 Å². The predicted octanol–water partition coefficient (Wildman–Crippen LogP) is 0.622. The Bertz CT molecular complexity index is 882. The Kier molecular flexibility index (Phi) is 7.83. The zero-order valence-corrected chi connectivity index (χ0v) is 16.9. The van der Waals surface area contributed by atoms with Crippen molar-refractivity contribution in [2.24, 2.45) is 0 Å². The van der Waals surface area contributed by atoms with Crippen molar-refractivity contribution >= 4 is 23.6 Å². The lowest BCUT2D eigenvalue weighted by atomic mass is 10.1. The number of benzene rings is 1. The van der Waals surface area contributed by atoms with Crippen LogP contribution in [0.2, 0.25) is 0 Å². The molecule has 0 bridgehead atoms. The zero-order valence-electron chi connectivity index (χ0n) is 16.1. The minimum atomic E-state index is -0.339. The van der Waals surface area contributed by atoms with Gasteiger partial charge in [0.05, 0.1) is 31.1 Å². The number of ether oxygens (including phenoxy) is 1. The smallest absolute Gasteiger partial charge is 0.251 e. The van der Waals surface area contributed by atoms with Crippen molar-refractivity contribution in [3.05, 3.63) is 58.0 Å². The van der Waals surface area contributed by atoms with Gasteiger partial charge < -0.3 is 19.9 Å². The second-order valence-corrected chi connectivity index (χ2v) is 7.55. The summed E-state index contributed by atoms with van der Waals surface area (Å²) in [4.78, 5) is 44.9. The fourth-order valence-electron chi connectivity index (χ4n) is 2.89. The number of rotatable bonds is 8. The molecular weight excluding hydrogens is 392 g/mol. The van der Waals surface area contributed by atoms with Gasteiger partial charge in [-0.3, -0.25) is 14.4 Å². The summed E-state index contributed by atoms with van der Waals surface area (Å²) in [6.07, 6.45) is 0.754. The summed E-state index contributed by atoms with van der Waals surface area (Å²) in [5.41, 5.74) is 1.19. The van der Waals surface area contributed by atoms with Gasteiger partial charge >= 0.3 is 0 Å². The van der Waals surface area contributed by atoms with Crippen LogP contribution in [-0.4, -0.2) is 65.3 Å². The number of aromatic amines is 1. The predicted molar refractivity (Wildman–Crippen MR) is 110 cm³/mol. The van der Waals surface area contributed by atoms with Crippen molar-refractivity contribution in [3.8, 4) is 0 Å². The highest BCUT2D eigenvalue weighted by molar-refractivity contribution is 7.99. The number of morpholine rings is 1. The van der Waals surface area contributed by atoms with E-state index in [9.17, 15) is 14.4 Å². The Balaban J connectivity index is 1.48. The van der Waals surface area contributed by atoms with Crippen LogP contribution in [0.15, 0.2) is 46.3 Å². The lowest BCUT2D eigenvalue weighted by Crippen LogP contribution is -2.41. The summed E-state index contributed by atoms with van der Waals surface area (Å²) in [6.45, 7) is 2.75. The highest BCUT2D eigenvalue weighted by atomic mass is 32.2. The molecule has 0 spiro atoms. The van der Waals surface area contributed by atoms with E-state index in [1.54, 1.807) is 4.90 Å². The van der Waals surface area contributed by atoms with E-state index >= 15 is 0 Å². The van der Waals surface area contributed by atoms with Gasteiger partial charge in [0.25, 0.3) is 5.56 Å². The minimum absolute atomic E-state index is 0.0175. The van der Waals surface area contributed by atoms with Crippen molar-refractivity contribution in [3.63, 3.8) is 0 Å². The molecule has 2 N–H and O–H groups in total. The molecule has 8 nitrogen and oxygen atoms in total. The quantitative estimate of drug-likeness (QED) is 0.483. The second-order valence-electron chi connectivity index (χ2n) is 6.59. The lowest BCUT2D eigenvalue weighted by Gasteiger charge is -2.26. The summed E-state index contributed by atoms with van der Waals surface area (Å²) in [5.74, 6) is -0.0419. The standard InChI is InChI=1S/C20H24N4O4S/c25-17(21-7-6-15-4-2-1-3-5-15)12-16-13-18(26)23-20(22-16)29-14-19(27)24-8-10-28-11-9-24/h1-5,13H,6-12,14H2,(H,21,25)(H,22,23,26). The Morgan fingerprint density at radius 3 is 2.72 bits per heavy atom. The first-order valence-electron chi connectivity index (χ1n) is 9.49. The summed E-state index contributed by atoms with van der Waals surface area (Å²) >= 11 is 1.16. The molecule has 1 aromatic carbocycles. The number of H-pyrrole nitrogens is 1. The molecule has 1 aliphatic rings. The van der Waals surface area contributed by atoms with Crippen LogP contribution < -0.4 is 10.9 Å². The normalized spacial score (nSPS) is 13.9. The van der Waals surface area contributed by atoms with Gasteiger partial charge in [0, 0.05) is 25.7 Å². The molecule has 2 aromatic rings. The van der Waals surface area contributed by atoms with E-state index in [0.29, 0.717) is 43.7 Å². The molecule has 1 aromatic heterocycles. The van der Waals surface area contributed by atoms with E-state index in [0.717, 1.165) is 23.7 Å². The molecule has 2 heterocycles. The molecule has 9 heteroatoms. The average molecular weight is 417 g/mol. The number of hydrogen-bond donors (Lipinski definition) is 2. The molecule has 0 saturated carbocycles. The summed E-state index contributed by atoms with van der Waals surface area (Å²) in [5, 5.41) is 3.18. The molecule has 2 amide bonds. The summed E-state index contributed by atoms with van der Waals surface area (Å²) in [6, 6.07) is 11.2. The largest absolute Gasteiger partial charge is 0.378 e. The number of aromatic nitrogens is 2. The highest BCUT2D eigenvalue weighted by Gasteiger charge is 2.17. The van der Waals surface area contributed by atoms with Gasteiger partial charge in [-0.05, 0) is 12.0 Å². The van der Waals surface area contributed by atoms with Crippen LogP contribution in [0.5, 0.6) is 0 Å². The maximum atomic E-state index is 12.2. The Morgan fingerprint density at radius 1 is 1.21 bits per heavy atom. The number of carbonyl (C=O) groups excluding carboxylic acids is 2. The minimum Gasteiger partial charge on any atom is -0.378 e. The molecule has 3 rings (SSSR count). The van der Waals surface area contributed by atoms with Crippen LogP contribution in [0.3, 0.4) is 0 Å². The molecule has 1 fully saturated rings. The van der Waals surface area contributed by atoms with Crippen molar-refractivity contribution < 1.29 is 14.3 Å². The average Bonchev–Trinajstić information content (AvgIpc) is 2.73. The first kappa shape index (κ1) is 21.1. The molecular formula is C20H24N4O4S. The van der Waals surface area contributed by atoms with Crippen LogP contribution >= 0.6 is 11.8 Å². The molecule has 154 valence electrons. The van der Waals surface area contributed by atoms with E-state index < -0.39 is 0 Å². The van der Waals surface area contributed by atoms with Gasteiger partial charge in [-0.2, -0.15) is 0 Å². The van der Waals surface area contributed by atoms with Crippen LogP contribution in [-0.2, 0) is 27.2 Å². The maximum absolute atomic E-state index is 12.2. The van der Waals surface area contributed by atoms with Crippen molar-refractivity contribution in [2.45, 2.75) is 18.0 Å². The Hall–Kier alpha value is -2.65. The van der Waals surface area contributed by atoms with Crippen LogP contribution in [0.4, 0.5) is 0 Å². The summed E-state index contributed by atoms with van der Waals surface area (Å²) < 4.78 is 5.24. The fraction of sp³-hybridized carbons (Fsp3) is 0.400. The van der Waals surface area contributed by atoms with Crippen molar-refractivity contribution in [1.29, 1.82) is 0 Å². The Morgan fingerprint density at radius 2 is 1.97 bits per heavy atom. The number of nitrogens with zero attached hydrogens (tertiary/aromatic N) is 2. The monoisotopic (exact) mass is 416 g/mol. The van der Waals surface area contributed by atoms with Crippen LogP contribution in [0.25, 0.3) is 0 Å².